The summed E-state index contributed by atoms with van der Waals surface area (Å²) in [7, 11) is 0. The van der Waals surface area contributed by atoms with Gasteiger partial charge >= 0.3 is 0 Å². The van der Waals surface area contributed by atoms with E-state index in [0.717, 1.165) is 5.69 Å². The summed E-state index contributed by atoms with van der Waals surface area (Å²) < 4.78 is 0. The van der Waals surface area contributed by atoms with Crippen molar-refractivity contribution in [3.05, 3.63) is 36.2 Å². The molecule has 0 spiro atoms. The number of nitrogen functional groups attached to an aromatic ring is 1. The van der Waals surface area contributed by atoms with Crippen LogP contribution in [0.1, 0.15) is 5.82 Å². The lowest BCUT2D eigenvalue weighted by Crippen LogP contribution is -2.06. The predicted octanol–water partition coefficient (Wildman–Crippen LogP) is 0.690. The van der Waals surface area contributed by atoms with Gasteiger partial charge in [-0.3, -0.25) is 0 Å². The summed E-state index contributed by atoms with van der Waals surface area (Å²) >= 11 is 0. The minimum absolute atomic E-state index is 0.0810. The summed E-state index contributed by atoms with van der Waals surface area (Å²) in [5.41, 5.74) is 6.32. The summed E-state index contributed by atoms with van der Waals surface area (Å²) in [5.74, 6) is 0.645. The highest BCUT2D eigenvalue weighted by molar-refractivity contribution is 5.53. The van der Waals surface area contributed by atoms with E-state index < -0.39 is 0 Å². The Balaban J connectivity index is 2.24. The standard InChI is InChI=1S/C10H11N5O/c11-9-13-8(6-16)14-10(15-9)12-7-4-2-1-3-5-7/h1-5,16H,6H2,(H3,11,12,13,14,15). The van der Waals surface area contributed by atoms with E-state index >= 15 is 0 Å². The SMILES string of the molecule is Nc1nc(CO)nc(Nc2ccccc2)n1. The monoisotopic (exact) mass is 217 g/mol. The van der Waals surface area contributed by atoms with E-state index in [4.69, 9.17) is 10.8 Å². The van der Waals surface area contributed by atoms with E-state index in [0.29, 0.717) is 5.95 Å². The van der Waals surface area contributed by atoms with Gasteiger partial charge in [-0.15, -0.1) is 0 Å². The quantitative estimate of drug-likeness (QED) is 0.699. The average molecular weight is 217 g/mol. The summed E-state index contributed by atoms with van der Waals surface area (Å²) in [6, 6.07) is 9.43. The number of aromatic nitrogens is 3. The van der Waals surface area contributed by atoms with Gasteiger partial charge in [0.1, 0.15) is 6.61 Å². The van der Waals surface area contributed by atoms with Gasteiger partial charge in [-0.25, -0.2) is 0 Å². The first kappa shape index (κ1) is 10.3. The molecule has 1 aromatic carbocycles. The van der Waals surface area contributed by atoms with Crippen molar-refractivity contribution in [1.29, 1.82) is 0 Å². The van der Waals surface area contributed by atoms with Gasteiger partial charge in [0, 0.05) is 5.69 Å². The van der Waals surface area contributed by atoms with Crippen LogP contribution in [-0.4, -0.2) is 20.1 Å². The number of nitrogens with zero attached hydrogens (tertiary/aromatic N) is 3. The Morgan fingerprint density at radius 2 is 1.88 bits per heavy atom. The zero-order chi connectivity index (χ0) is 11.4. The number of aliphatic hydroxyl groups excluding tert-OH is 1. The summed E-state index contributed by atoms with van der Waals surface area (Å²) in [6.45, 7) is -0.268. The van der Waals surface area contributed by atoms with E-state index in [1.807, 2.05) is 30.3 Å². The molecule has 0 unspecified atom stereocenters. The van der Waals surface area contributed by atoms with E-state index in [2.05, 4.69) is 20.3 Å². The molecule has 0 atom stereocenters. The van der Waals surface area contributed by atoms with Gasteiger partial charge in [0.05, 0.1) is 0 Å². The van der Waals surface area contributed by atoms with E-state index in [-0.39, 0.29) is 18.4 Å². The van der Waals surface area contributed by atoms with Crippen molar-refractivity contribution in [2.24, 2.45) is 0 Å². The van der Waals surface area contributed by atoms with Crippen LogP contribution in [0, 0.1) is 0 Å². The Morgan fingerprint density at radius 3 is 2.56 bits per heavy atom. The number of aliphatic hydroxyl groups is 1. The molecule has 6 heteroatoms. The van der Waals surface area contributed by atoms with Crippen molar-refractivity contribution in [2.75, 3.05) is 11.1 Å². The molecule has 1 aromatic heterocycles. The highest BCUT2D eigenvalue weighted by Crippen LogP contribution is 2.12. The number of hydrogen-bond donors (Lipinski definition) is 3. The van der Waals surface area contributed by atoms with Crippen LogP contribution in [0.4, 0.5) is 17.6 Å². The van der Waals surface area contributed by atoms with Gasteiger partial charge in [-0.2, -0.15) is 15.0 Å². The number of benzene rings is 1. The number of nitrogens with two attached hydrogens (primary N) is 1. The maximum Gasteiger partial charge on any atom is 0.232 e. The first-order chi connectivity index (χ1) is 7.78. The molecule has 0 saturated carbocycles. The Kier molecular flexibility index (Phi) is 2.93. The third kappa shape index (κ3) is 2.43. The second-order valence-corrected chi connectivity index (χ2v) is 3.08. The highest BCUT2D eigenvalue weighted by Gasteiger charge is 2.03. The largest absolute Gasteiger partial charge is 0.388 e. The minimum atomic E-state index is -0.268. The van der Waals surface area contributed by atoms with Crippen molar-refractivity contribution >= 4 is 17.6 Å². The first-order valence-corrected chi connectivity index (χ1v) is 4.71. The van der Waals surface area contributed by atoms with Crippen LogP contribution >= 0.6 is 0 Å². The summed E-state index contributed by atoms with van der Waals surface area (Å²) in [6.07, 6.45) is 0. The van der Waals surface area contributed by atoms with Gasteiger partial charge in [-0.05, 0) is 12.1 Å². The fourth-order valence-electron chi connectivity index (χ4n) is 1.22. The van der Waals surface area contributed by atoms with Gasteiger partial charge in [0.15, 0.2) is 5.82 Å². The van der Waals surface area contributed by atoms with E-state index in [1.165, 1.54) is 0 Å². The van der Waals surface area contributed by atoms with Gasteiger partial charge < -0.3 is 16.2 Å². The molecule has 16 heavy (non-hydrogen) atoms. The Bertz CT molecular complexity index is 474. The molecule has 4 N–H and O–H groups in total. The van der Waals surface area contributed by atoms with Crippen molar-refractivity contribution in [3.8, 4) is 0 Å². The predicted molar refractivity (Wildman–Crippen MR) is 59.9 cm³/mol. The Labute approximate surface area is 92.2 Å². The van der Waals surface area contributed by atoms with Gasteiger partial charge in [0.25, 0.3) is 0 Å². The average Bonchev–Trinajstić information content (AvgIpc) is 2.29. The van der Waals surface area contributed by atoms with Crippen molar-refractivity contribution in [3.63, 3.8) is 0 Å². The van der Waals surface area contributed by atoms with Crippen LogP contribution in [-0.2, 0) is 6.61 Å². The van der Waals surface area contributed by atoms with Crippen LogP contribution in [0.2, 0.25) is 0 Å². The second kappa shape index (κ2) is 4.54. The minimum Gasteiger partial charge on any atom is -0.388 e. The molecule has 0 aliphatic carbocycles. The number of anilines is 3. The van der Waals surface area contributed by atoms with Crippen LogP contribution in [0.5, 0.6) is 0 Å². The van der Waals surface area contributed by atoms with E-state index in [1.54, 1.807) is 0 Å². The Hall–Kier alpha value is -2.21. The maximum absolute atomic E-state index is 8.92. The molecule has 0 aliphatic rings. The highest BCUT2D eigenvalue weighted by atomic mass is 16.3. The Morgan fingerprint density at radius 1 is 1.12 bits per heavy atom. The molecule has 2 aromatic rings. The van der Waals surface area contributed by atoms with Crippen LogP contribution in [0.25, 0.3) is 0 Å². The molecule has 6 nitrogen and oxygen atoms in total. The molecular weight excluding hydrogens is 206 g/mol. The number of hydrogen-bond acceptors (Lipinski definition) is 6. The number of nitrogens with one attached hydrogen (secondary N) is 1. The zero-order valence-electron chi connectivity index (χ0n) is 8.46. The molecular formula is C10H11N5O. The normalized spacial score (nSPS) is 10.1. The fourth-order valence-corrected chi connectivity index (χ4v) is 1.22. The molecule has 0 radical (unpaired) electrons. The summed E-state index contributed by atoms with van der Waals surface area (Å²) in [5, 5.41) is 11.9. The fraction of sp³-hybridized carbons (Fsp3) is 0.100. The van der Waals surface area contributed by atoms with Crippen molar-refractivity contribution < 1.29 is 5.11 Å². The zero-order valence-corrected chi connectivity index (χ0v) is 8.46. The third-order valence-corrected chi connectivity index (χ3v) is 1.87. The smallest absolute Gasteiger partial charge is 0.232 e. The van der Waals surface area contributed by atoms with Crippen LogP contribution in [0.15, 0.2) is 30.3 Å². The van der Waals surface area contributed by atoms with Crippen LogP contribution < -0.4 is 11.1 Å². The topological polar surface area (TPSA) is 97.0 Å². The number of para-hydroxylation sites is 1. The molecule has 82 valence electrons. The van der Waals surface area contributed by atoms with Gasteiger partial charge in [-0.1, -0.05) is 18.2 Å². The molecule has 0 amide bonds. The maximum atomic E-state index is 8.92. The molecule has 0 aliphatic heterocycles. The molecule has 0 bridgehead atoms. The van der Waals surface area contributed by atoms with Crippen molar-refractivity contribution in [2.45, 2.75) is 6.61 Å². The van der Waals surface area contributed by atoms with E-state index in [9.17, 15) is 0 Å². The van der Waals surface area contributed by atoms with Crippen LogP contribution in [0.3, 0.4) is 0 Å². The van der Waals surface area contributed by atoms with Gasteiger partial charge in [0.2, 0.25) is 11.9 Å². The molecule has 2 rings (SSSR count). The van der Waals surface area contributed by atoms with Crippen molar-refractivity contribution in [1.82, 2.24) is 15.0 Å². The lowest BCUT2D eigenvalue weighted by Gasteiger charge is -2.05. The molecule has 1 heterocycles. The summed E-state index contributed by atoms with van der Waals surface area (Å²) in [4.78, 5) is 11.7. The second-order valence-electron chi connectivity index (χ2n) is 3.08. The molecule has 0 saturated heterocycles. The first-order valence-electron chi connectivity index (χ1n) is 4.71. The lowest BCUT2D eigenvalue weighted by molar-refractivity contribution is 0.271. The number of rotatable bonds is 3. The lowest BCUT2D eigenvalue weighted by atomic mass is 10.3. The third-order valence-electron chi connectivity index (χ3n) is 1.87. The molecule has 0 fully saturated rings.